The highest BCUT2D eigenvalue weighted by Crippen LogP contribution is 2.28. The summed E-state index contributed by atoms with van der Waals surface area (Å²) in [7, 11) is 1.51. The highest BCUT2D eigenvalue weighted by Gasteiger charge is 2.16. The van der Waals surface area contributed by atoms with Crippen LogP contribution in [0, 0.1) is 6.92 Å². The zero-order chi connectivity index (χ0) is 13.8. The minimum Gasteiger partial charge on any atom is -0.496 e. The molecule has 3 nitrogen and oxygen atoms in total. The molecule has 0 aromatic heterocycles. The molecule has 0 bridgehead atoms. The topological polar surface area (TPSA) is 46.5 Å². The van der Waals surface area contributed by atoms with Crippen LogP contribution in [0.5, 0.6) is 5.75 Å². The van der Waals surface area contributed by atoms with E-state index in [0.29, 0.717) is 12.2 Å². The van der Waals surface area contributed by atoms with Crippen molar-refractivity contribution in [3.63, 3.8) is 0 Å². The second-order valence-corrected chi connectivity index (χ2v) is 4.47. The van der Waals surface area contributed by atoms with E-state index in [4.69, 9.17) is 4.74 Å². The van der Waals surface area contributed by atoms with E-state index >= 15 is 0 Å². The van der Waals surface area contributed by atoms with Gasteiger partial charge in [0.05, 0.1) is 7.11 Å². The van der Waals surface area contributed by atoms with E-state index < -0.39 is 5.97 Å². The Labute approximate surface area is 112 Å². The Bertz CT molecular complexity index is 588. The molecule has 0 atom stereocenters. The summed E-state index contributed by atoms with van der Waals surface area (Å²) >= 11 is 0. The number of carboxylic acid groups (broad SMARTS) is 1. The Balaban J connectivity index is 2.47. The summed E-state index contributed by atoms with van der Waals surface area (Å²) in [5.74, 6) is -0.517. The Hall–Kier alpha value is -2.29. The lowest BCUT2D eigenvalue weighted by atomic mass is 9.98. The van der Waals surface area contributed by atoms with Gasteiger partial charge in [0.1, 0.15) is 11.3 Å². The average molecular weight is 256 g/mol. The maximum atomic E-state index is 11.3. The first-order valence-corrected chi connectivity index (χ1v) is 6.06. The minimum atomic E-state index is -0.963. The fourth-order valence-electron chi connectivity index (χ4n) is 2.20. The third kappa shape index (κ3) is 2.94. The van der Waals surface area contributed by atoms with Crippen LogP contribution >= 0.6 is 0 Å². The quantitative estimate of drug-likeness (QED) is 0.913. The van der Waals surface area contributed by atoms with Gasteiger partial charge in [0.25, 0.3) is 0 Å². The molecule has 0 aliphatic carbocycles. The van der Waals surface area contributed by atoms with E-state index in [1.54, 1.807) is 6.07 Å². The second kappa shape index (κ2) is 5.57. The van der Waals surface area contributed by atoms with E-state index in [2.05, 4.69) is 0 Å². The summed E-state index contributed by atoms with van der Waals surface area (Å²) in [6.07, 6.45) is 0.659. The lowest BCUT2D eigenvalue weighted by molar-refractivity contribution is 0.0693. The van der Waals surface area contributed by atoms with Gasteiger partial charge in [0.2, 0.25) is 0 Å². The lowest BCUT2D eigenvalue weighted by Gasteiger charge is -2.13. The van der Waals surface area contributed by atoms with E-state index in [9.17, 15) is 9.90 Å². The number of aromatic carboxylic acids is 1. The summed E-state index contributed by atoms with van der Waals surface area (Å²) in [5.41, 5.74) is 3.16. The fraction of sp³-hybridized carbons (Fsp3) is 0.188. The van der Waals surface area contributed by atoms with Crippen molar-refractivity contribution < 1.29 is 14.6 Å². The van der Waals surface area contributed by atoms with Crippen molar-refractivity contribution >= 4 is 5.97 Å². The third-order valence-electron chi connectivity index (χ3n) is 2.98. The van der Waals surface area contributed by atoms with Crippen LogP contribution in [-0.4, -0.2) is 18.2 Å². The molecule has 0 amide bonds. The van der Waals surface area contributed by atoms with Crippen molar-refractivity contribution in [1.29, 1.82) is 0 Å². The van der Waals surface area contributed by atoms with Crippen molar-refractivity contribution in [3.05, 3.63) is 64.7 Å². The number of hydrogen-bond donors (Lipinski definition) is 1. The molecule has 3 heteroatoms. The van der Waals surface area contributed by atoms with Crippen molar-refractivity contribution in [2.75, 3.05) is 7.11 Å². The van der Waals surface area contributed by atoms with E-state index in [1.807, 2.05) is 43.3 Å². The molecule has 98 valence electrons. The highest BCUT2D eigenvalue weighted by atomic mass is 16.5. The standard InChI is InChI=1S/C16H16O3/c1-11-8-13(10-12-6-4-3-5-7-12)15(19-2)14(9-11)16(17)18/h3-9H,10H2,1-2H3,(H,17,18). The largest absolute Gasteiger partial charge is 0.496 e. The Morgan fingerprint density at radius 1 is 1.21 bits per heavy atom. The number of benzene rings is 2. The average Bonchev–Trinajstić information content (AvgIpc) is 2.39. The Kier molecular flexibility index (Phi) is 3.85. The van der Waals surface area contributed by atoms with Crippen LogP contribution < -0.4 is 4.74 Å². The summed E-state index contributed by atoms with van der Waals surface area (Å²) in [6, 6.07) is 13.5. The lowest BCUT2D eigenvalue weighted by Crippen LogP contribution is -2.05. The second-order valence-electron chi connectivity index (χ2n) is 4.47. The number of methoxy groups -OCH3 is 1. The van der Waals surface area contributed by atoms with Gasteiger partial charge >= 0.3 is 5.97 Å². The van der Waals surface area contributed by atoms with Gasteiger partial charge in [-0.05, 0) is 29.7 Å². The van der Waals surface area contributed by atoms with Crippen molar-refractivity contribution in [3.8, 4) is 5.75 Å². The van der Waals surface area contributed by atoms with Gasteiger partial charge in [-0.2, -0.15) is 0 Å². The molecule has 2 aromatic carbocycles. The molecule has 1 N–H and O–H groups in total. The predicted molar refractivity (Wildman–Crippen MR) is 73.9 cm³/mol. The highest BCUT2D eigenvalue weighted by molar-refractivity contribution is 5.91. The smallest absolute Gasteiger partial charge is 0.339 e. The first-order valence-electron chi connectivity index (χ1n) is 6.06. The van der Waals surface area contributed by atoms with Gasteiger partial charge in [-0.1, -0.05) is 36.4 Å². The van der Waals surface area contributed by atoms with Gasteiger partial charge in [0.15, 0.2) is 0 Å². The molecule has 0 radical (unpaired) electrons. The van der Waals surface area contributed by atoms with E-state index in [0.717, 1.165) is 16.7 Å². The van der Waals surface area contributed by atoms with Crippen LogP contribution in [0.15, 0.2) is 42.5 Å². The van der Waals surface area contributed by atoms with Gasteiger partial charge < -0.3 is 9.84 Å². The Morgan fingerprint density at radius 3 is 2.47 bits per heavy atom. The van der Waals surface area contributed by atoms with Crippen molar-refractivity contribution in [2.45, 2.75) is 13.3 Å². The van der Waals surface area contributed by atoms with Gasteiger partial charge in [-0.15, -0.1) is 0 Å². The molecule has 2 aromatic rings. The summed E-state index contributed by atoms with van der Waals surface area (Å²) < 4.78 is 5.28. The number of ether oxygens (including phenoxy) is 1. The number of rotatable bonds is 4. The summed E-state index contributed by atoms with van der Waals surface area (Å²) in [6.45, 7) is 1.89. The summed E-state index contributed by atoms with van der Waals surface area (Å²) in [4.78, 5) is 11.3. The first kappa shape index (κ1) is 13.1. The van der Waals surface area contributed by atoms with Gasteiger partial charge in [0, 0.05) is 6.42 Å². The number of aryl methyl sites for hydroxylation is 1. The molecule has 0 aliphatic rings. The van der Waals surface area contributed by atoms with Gasteiger partial charge in [-0.3, -0.25) is 0 Å². The first-order chi connectivity index (χ1) is 9.11. The van der Waals surface area contributed by atoms with Crippen LogP contribution in [0.2, 0.25) is 0 Å². The Morgan fingerprint density at radius 2 is 1.89 bits per heavy atom. The SMILES string of the molecule is COc1c(Cc2ccccc2)cc(C)cc1C(=O)O. The molecule has 0 saturated carbocycles. The maximum absolute atomic E-state index is 11.3. The maximum Gasteiger partial charge on any atom is 0.339 e. The molecule has 2 rings (SSSR count). The molecule has 0 fully saturated rings. The summed E-state index contributed by atoms with van der Waals surface area (Å²) in [5, 5.41) is 9.23. The van der Waals surface area contributed by atoms with Crippen LogP contribution in [-0.2, 0) is 6.42 Å². The van der Waals surface area contributed by atoms with E-state index in [1.165, 1.54) is 7.11 Å². The molecule has 0 heterocycles. The molecule has 0 saturated heterocycles. The molecule has 0 unspecified atom stereocenters. The van der Waals surface area contributed by atoms with Crippen LogP contribution in [0.3, 0.4) is 0 Å². The van der Waals surface area contributed by atoms with Crippen molar-refractivity contribution in [1.82, 2.24) is 0 Å². The molecular weight excluding hydrogens is 240 g/mol. The van der Waals surface area contributed by atoms with Crippen LogP contribution in [0.1, 0.15) is 27.0 Å². The van der Waals surface area contributed by atoms with Gasteiger partial charge in [-0.25, -0.2) is 4.79 Å². The zero-order valence-corrected chi connectivity index (χ0v) is 11.0. The monoisotopic (exact) mass is 256 g/mol. The number of carbonyl (C=O) groups is 1. The van der Waals surface area contributed by atoms with Crippen LogP contribution in [0.4, 0.5) is 0 Å². The van der Waals surface area contributed by atoms with Crippen molar-refractivity contribution in [2.24, 2.45) is 0 Å². The predicted octanol–water partition coefficient (Wildman–Crippen LogP) is 3.29. The third-order valence-corrected chi connectivity index (χ3v) is 2.98. The van der Waals surface area contributed by atoms with E-state index in [-0.39, 0.29) is 5.56 Å². The zero-order valence-electron chi connectivity index (χ0n) is 11.0. The van der Waals surface area contributed by atoms with Crippen LogP contribution in [0.25, 0.3) is 0 Å². The minimum absolute atomic E-state index is 0.216. The normalized spacial score (nSPS) is 10.2. The number of hydrogen-bond acceptors (Lipinski definition) is 2. The number of carboxylic acids is 1. The molecule has 0 spiro atoms. The molecule has 0 aliphatic heterocycles. The fourth-order valence-corrected chi connectivity index (χ4v) is 2.20. The molecule has 19 heavy (non-hydrogen) atoms. The molecular formula is C16H16O3.